The van der Waals surface area contributed by atoms with Crippen molar-refractivity contribution in [1.82, 2.24) is 0 Å². The van der Waals surface area contributed by atoms with Gasteiger partial charge in [-0.05, 0) is 49.9 Å². The van der Waals surface area contributed by atoms with Crippen LogP contribution in [0, 0.1) is 11.8 Å². The van der Waals surface area contributed by atoms with Crippen LogP contribution < -0.4 is 10.6 Å². The van der Waals surface area contributed by atoms with Gasteiger partial charge in [-0.3, -0.25) is 9.59 Å². The molecule has 2 aromatic carbocycles. The molecule has 0 radical (unpaired) electrons. The van der Waals surface area contributed by atoms with Crippen LogP contribution in [0.25, 0.3) is 0 Å². The second-order valence-corrected chi connectivity index (χ2v) is 6.93. The van der Waals surface area contributed by atoms with Gasteiger partial charge in [-0.2, -0.15) is 0 Å². The molecule has 1 fully saturated rings. The Bertz CT molecular complexity index is 843. The van der Waals surface area contributed by atoms with Crippen LogP contribution in [0.15, 0.2) is 54.6 Å². The lowest BCUT2D eigenvalue weighted by atomic mass is 9.81. The molecular formula is C22H24N2O4. The van der Waals surface area contributed by atoms with Crippen molar-refractivity contribution in [2.45, 2.75) is 25.7 Å². The number of ether oxygens (including phenoxy) is 1. The van der Waals surface area contributed by atoms with Crippen LogP contribution in [0.4, 0.5) is 11.4 Å². The number of methoxy groups -OCH3 is 1. The summed E-state index contributed by atoms with van der Waals surface area (Å²) in [6.45, 7) is 0. The van der Waals surface area contributed by atoms with Crippen molar-refractivity contribution in [2.24, 2.45) is 11.8 Å². The molecule has 2 amide bonds. The predicted molar refractivity (Wildman–Crippen MR) is 107 cm³/mol. The predicted octanol–water partition coefficient (Wildman–Crippen LogP) is 3.86. The zero-order valence-corrected chi connectivity index (χ0v) is 15.8. The molecule has 0 bridgehead atoms. The number of rotatable bonds is 5. The number of anilines is 2. The fourth-order valence-electron chi connectivity index (χ4n) is 3.50. The van der Waals surface area contributed by atoms with Crippen LogP contribution in [0.3, 0.4) is 0 Å². The molecule has 3 rings (SSSR count). The van der Waals surface area contributed by atoms with E-state index in [1.54, 1.807) is 24.3 Å². The number of para-hydroxylation sites is 2. The van der Waals surface area contributed by atoms with Crippen LogP contribution in [0.2, 0.25) is 0 Å². The standard InChI is InChI=1S/C22H24N2O4/c1-28-22(27)18-9-5-6-10-19(18)24-21(26)16-13-11-15(12-14-16)20(25)23-17-7-3-2-4-8-17/h2-10,15-16H,11-14H2,1H3,(H,23,25)(H,24,26). The quantitative estimate of drug-likeness (QED) is 0.772. The first-order valence-electron chi connectivity index (χ1n) is 9.42. The molecule has 6 heteroatoms. The third-order valence-electron chi connectivity index (χ3n) is 5.10. The number of carbonyl (C=O) groups is 3. The topological polar surface area (TPSA) is 84.5 Å². The molecule has 0 heterocycles. The van der Waals surface area contributed by atoms with Crippen molar-refractivity contribution in [3.05, 3.63) is 60.2 Å². The van der Waals surface area contributed by atoms with E-state index in [9.17, 15) is 14.4 Å². The van der Waals surface area contributed by atoms with Crippen molar-refractivity contribution in [3.8, 4) is 0 Å². The van der Waals surface area contributed by atoms with Gasteiger partial charge in [-0.25, -0.2) is 4.79 Å². The summed E-state index contributed by atoms with van der Waals surface area (Å²) in [5.41, 5.74) is 1.56. The highest BCUT2D eigenvalue weighted by Gasteiger charge is 2.30. The molecular weight excluding hydrogens is 356 g/mol. The van der Waals surface area contributed by atoms with Crippen LogP contribution in [-0.4, -0.2) is 24.9 Å². The number of carbonyl (C=O) groups excluding carboxylic acids is 3. The fourth-order valence-corrected chi connectivity index (χ4v) is 3.50. The van der Waals surface area contributed by atoms with Crippen molar-refractivity contribution < 1.29 is 19.1 Å². The Hall–Kier alpha value is -3.15. The molecule has 1 aliphatic carbocycles. The molecule has 28 heavy (non-hydrogen) atoms. The first-order valence-corrected chi connectivity index (χ1v) is 9.42. The third kappa shape index (κ3) is 4.76. The highest BCUT2D eigenvalue weighted by atomic mass is 16.5. The molecule has 0 aliphatic heterocycles. The van der Waals surface area contributed by atoms with Gasteiger partial charge in [-0.15, -0.1) is 0 Å². The van der Waals surface area contributed by atoms with Gasteiger partial charge in [0.05, 0.1) is 18.4 Å². The lowest BCUT2D eigenvalue weighted by Gasteiger charge is -2.27. The third-order valence-corrected chi connectivity index (χ3v) is 5.10. The van der Waals surface area contributed by atoms with E-state index in [4.69, 9.17) is 4.74 Å². The second kappa shape index (κ2) is 9.17. The maximum absolute atomic E-state index is 12.6. The van der Waals surface area contributed by atoms with Gasteiger partial charge in [0, 0.05) is 17.5 Å². The van der Waals surface area contributed by atoms with Gasteiger partial charge < -0.3 is 15.4 Å². The van der Waals surface area contributed by atoms with Gasteiger partial charge >= 0.3 is 5.97 Å². The summed E-state index contributed by atoms with van der Waals surface area (Å²) in [5.74, 6) is -0.880. The summed E-state index contributed by atoms with van der Waals surface area (Å²) in [5, 5.41) is 5.77. The van der Waals surface area contributed by atoms with E-state index >= 15 is 0 Å². The minimum absolute atomic E-state index is 0.00101. The molecule has 0 atom stereocenters. The highest BCUT2D eigenvalue weighted by molar-refractivity contribution is 6.02. The summed E-state index contributed by atoms with van der Waals surface area (Å²) in [7, 11) is 1.31. The number of esters is 1. The molecule has 0 unspecified atom stereocenters. The maximum Gasteiger partial charge on any atom is 0.339 e. The molecule has 146 valence electrons. The minimum Gasteiger partial charge on any atom is -0.465 e. The van der Waals surface area contributed by atoms with E-state index in [1.165, 1.54) is 7.11 Å². The zero-order chi connectivity index (χ0) is 19.9. The zero-order valence-electron chi connectivity index (χ0n) is 15.8. The van der Waals surface area contributed by atoms with Gasteiger partial charge in [-0.1, -0.05) is 30.3 Å². The van der Waals surface area contributed by atoms with E-state index in [0.717, 1.165) is 5.69 Å². The Morgan fingerprint density at radius 3 is 1.93 bits per heavy atom. The maximum atomic E-state index is 12.6. The molecule has 0 aromatic heterocycles. The van der Waals surface area contributed by atoms with Crippen LogP contribution in [-0.2, 0) is 14.3 Å². The van der Waals surface area contributed by atoms with Crippen molar-refractivity contribution >= 4 is 29.2 Å². The lowest BCUT2D eigenvalue weighted by Crippen LogP contribution is -2.32. The molecule has 0 spiro atoms. The number of hydrogen-bond acceptors (Lipinski definition) is 4. The van der Waals surface area contributed by atoms with E-state index in [0.29, 0.717) is 36.9 Å². The average molecular weight is 380 g/mol. The Balaban J connectivity index is 1.54. The minimum atomic E-state index is -0.489. The number of benzene rings is 2. The molecule has 6 nitrogen and oxygen atoms in total. The van der Waals surface area contributed by atoms with E-state index < -0.39 is 5.97 Å². The summed E-state index contributed by atoms with van der Waals surface area (Å²) in [4.78, 5) is 36.9. The van der Waals surface area contributed by atoms with Crippen LogP contribution >= 0.6 is 0 Å². The highest BCUT2D eigenvalue weighted by Crippen LogP contribution is 2.31. The Morgan fingerprint density at radius 1 is 0.786 bits per heavy atom. The SMILES string of the molecule is COC(=O)c1ccccc1NC(=O)C1CCC(C(=O)Nc2ccccc2)CC1. The van der Waals surface area contributed by atoms with Crippen molar-refractivity contribution in [2.75, 3.05) is 17.7 Å². The molecule has 2 aromatic rings. The number of nitrogens with one attached hydrogen (secondary N) is 2. The van der Waals surface area contributed by atoms with Gasteiger partial charge in [0.15, 0.2) is 0 Å². The van der Waals surface area contributed by atoms with Gasteiger partial charge in [0.2, 0.25) is 11.8 Å². The smallest absolute Gasteiger partial charge is 0.339 e. The molecule has 2 N–H and O–H groups in total. The second-order valence-electron chi connectivity index (χ2n) is 6.93. The first kappa shape index (κ1) is 19.6. The van der Waals surface area contributed by atoms with Gasteiger partial charge in [0.25, 0.3) is 0 Å². The van der Waals surface area contributed by atoms with E-state index in [2.05, 4.69) is 10.6 Å². The van der Waals surface area contributed by atoms with Crippen LogP contribution in [0.1, 0.15) is 36.0 Å². The Kier molecular flexibility index (Phi) is 6.42. The van der Waals surface area contributed by atoms with E-state index in [-0.39, 0.29) is 23.7 Å². The monoisotopic (exact) mass is 380 g/mol. The fraction of sp³-hybridized carbons (Fsp3) is 0.318. The largest absolute Gasteiger partial charge is 0.465 e. The molecule has 0 saturated heterocycles. The Morgan fingerprint density at radius 2 is 1.32 bits per heavy atom. The first-order chi connectivity index (χ1) is 13.6. The van der Waals surface area contributed by atoms with Crippen molar-refractivity contribution in [3.63, 3.8) is 0 Å². The lowest BCUT2D eigenvalue weighted by molar-refractivity contribution is -0.125. The summed E-state index contributed by atoms with van der Waals surface area (Å²) in [6.07, 6.45) is 2.60. The summed E-state index contributed by atoms with van der Waals surface area (Å²) in [6, 6.07) is 16.1. The van der Waals surface area contributed by atoms with Gasteiger partial charge in [0.1, 0.15) is 0 Å². The summed E-state index contributed by atoms with van der Waals surface area (Å²) >= 11 is 0. The van der Waals surface area contributed by atoms with Crippen molar-refractivity contribution in [1.29, 1.82) is 0 Å². The number of hydrogen-bond donors (Lipinski definition) is 2. The van der Waals surface area contributed by atoms with E-state index in [1.807, 2.05) is 30.3 Å². The summed E-state index contributed by atoms with van der Waals surface area (Å²) < 4.78 is 4.76. The molecule has 1 aliphatic rings. The normalized spacial score (nSPS) is 18.8. The van der Waals surface area contributed by atoms with Crippen LogP contribution in [0.5, 0.6) is 0 Å². The number of amides is 2. The molecule has 1 saturated carbocycles. The average Bonchev–Trinajstić information content (AvgIpc) is 2.74. The Labute approximate surface area is 164 Å².